The van der Waals surface area contributed by atoms with E-state index in [1.807, 2.05) is 13.8 Å². The third kappa shape index (κ3) is 2.46. The number of methoxy groups -OCH3 is 3. The van der Waals surface area contributed by atoms with Gasteiger partial charge in [0.1, 0.15) is 15.3 Å². The molecule has 2 rings (SSSR count). The molecule has 2 bridgehead atoms. The highest BCUT2D eigenvalue weighted by Crippen LogP contribution is 2.72. The van der Waals surface area contributed by atoms with Crippen LogP contribution in [0.3, 0.4) is 0 Å². The number of hydrogen-bond donors (Lipinski definition) is 0. The van der Waals surface area contributed by atoms with Crippen molar-refractivity contribution in [2.24, 2.45) is 5.92 Å². The zero-order chi connectivity index (χ0) is 17.7. The van der Waals surface area contributed by atoms with Crippen molar-refractivity contribution in [2.45, 2.75) is 47.8 Å². The molecule has 0 heterocycles. The molecule has 0 aliphatic heterocycles. The van der Waals surface area contributed by atoms with Crippen LogP contribution in [0.5, 0.6) is 0 Å². The standard InChI is InChI=1S/C16H20Cl4O3/c1-13(2,21-3)8-6-7-10-9-14(19)11(17)12(18)15(10,20)16(14,22-4)23-5/h10H,7,9H2,1-5H3/t10-,14+,15-/m1/s1. The highest BCUT2D eigenvalue weighted by molar-refractivity contribution is 6.51. The molecule has 0 aromatic carbocycles. The van der Waals surface area contributed by atoms with Gasteiger partial charge in [-0.05, 0) is 20.3 Å². The fourth-order valence-corrected chi connectivity index (χ4v) is 5.50. The molecule has 0 aromatic rings. The van der Waals surface area contributed by atoms with Crippen LogP contribution in [0, 0.1) is 17.8 Å². The van der Waals surface area contributed by atoms with Crippen LogP contribution in [-0.2, 0) is 14.2 Å². The molecular formula is C16H20Cl4O3. The summed E-state index contributed by atoms with van der Waals surface area (Å²) in [5.74, 6) is 4.68. The van der Waals surface area contributed by atoms with E-state index in [1.54, 1.807) is 7.11 Å². The van der Waals surface area contributed by atoms with E-state index in [1.165, 1.54) is 14.2 Å². The Morgan fingerprint density at radius 3 is 2.13 bits per heavy atom. The lowest BCUT2D eigenvalue weighted by atomic mass is 9.88. The molecule has 0 radical (unpaired) electrons. The molecular weight excluding hydrogens is 382 g/mol. The third-order valence-electron chi connectivity index (χ3n) is 4.77. The first kappa shape index (κ1) is 19.7. The van der Waals surface area contributed by atoms with Crippen LogP contribution < -0.4 is 0 Å². The predicted octanol–water partition coefficient (Wildman–Crippen LogP) is 4.47. The Labute approximate surface area is 157 Å². The Hall–Kier alpha value is 0.340. The second kappa shape index (κ2) is 6.25. The second-order valence-electron chi connectivity index (χ2n) is 6.29. The van der Waals surface area contributed by atoms with E-state index >= 15 is 0 Å². The molecule has 0 aromatic heterocycles. The van der Waals surface area contributed by atoms with E-state index < -0.39 is 21.1 Å². The van der Waals surface area contributed by atoms with E-state index in [4.69, 9.17) is 60.6 Å². The van der Waals surface area contributed by atoms with Crippen LogP contribution in [0.15, 0.2) is 10.1 Å². The summed E-state index contributed by atoms with van der Waals surface area (Å²) in [6.07, 6.45) is 0.927. The van der Waals surface area contributed by atoms with Gasteiger partial charge in [0.15, 0.2) is 0 Å². The van der Waals surface area contributed by atoms with Gasteiger partial charge < -0.3 is 14.2 Å². The first-order chi connectivity index (χ1) is 10.6. The van der Waals surface area contributed by atoms with Crippen molar-refractivity contribution >= 4 is 46.4 Å². The molecule has 0 N–H and O–H groups in total. The zero-order valence-corrected chi connectivity index (χ0v) is 16.8. The first-order valence-corrected chi connectivity index (χ1v) is 8.67. The van der Waals surface area contributed by atoms with Crippen molar-refractivity contribution in [1.82, 2.24) is 0 Å². The summed E-state index contributed by atoms with van der Waals surface area (Å²) >= 11 is 26.4. The molecule has 1 fully saturated rings. The van der Waals surface area contributed by atoms with Gasteiger partial charge in [0, 0.05) is 33.7 Å². The number of halogens is 4. The van der Waals surface area contributed by atoms with Crippen LogP contribution >= 0.6 is 46.4 Å². The number of hydrogen-bond acceptors (Lipinski definition) is 3. The largest absolute Gasteiger partial charge is 0.366 e. The van der Waals surface area contributed by atoms with Gasteiger partial charge in [-0.25, -0.2) is 0 Å². The molecule has 0 amide bonds. The van der Waals surface area contributed by atoms with E-state index in [2.05, 4.69) is 11.8 Å². The molecule has 2 aliphatic rings. The Morgan fingerprint density at radius 2 is 1.70 bits per heavy atom. The van der Waals surface area contributed by atoms with E-state index in [0.717, 1.165) is 0 Å². The fourth-order valence-electron chi connectivity index (χ4n) is 3.42. The minimum absolute atomic E-state index is 0.170. The number of fused-ring (bicyclic) bond motifs is 2. The molecule has 2 aliphatic carbocycles. The zero-order valence-electron chi connectivity index (χ0n) is 13.7. The van der Waals surface area contributed by atoms with Crippen LogP contribution in [0.4, 0.5) is 0 Å². The summed E-state index contributed by atoms with van der Waals surface area (Å²) < 4.78 is 16.5. The monoisotopic (exact) mass is 400 g/mol. The molecule has 0 spiro atoms. The maximum atomic E-state index is 6.90. The van der Waals surface area contributed by atoms with Crippen molar-refractivity contribution < 1.29 is 14.2 Å². The summed E-state index contributed by atoms with van der Waals surface area (Å²) in [4.78, 5) is -2.30. The lowest BCUT2D eigenvalue weighted by Gasteiger charge is -2.41. The summed E-state index contributed by atoms with van der Waals surface area (Å²) in [6.45, 7) is 3.78. The van der Waals surface area contributed by atoms with Gasteiger partial charge in [-0.15, -0.1) is 23.2 Å². The Kier molecular flexibility index (Phi) is 5.34. The van der Waals surface area contributed by atoms with Crippen molar-refractivity contribution in [3.8, 4) is 11.8 Å². The average molecular weight is 402 g/mol. The van der Waals surface area contributed by atoms with E-state index in [-0.39, 0.29) is 16.0 Å². The quantitative estimate of drug-likeness (QED) is 0.395. The van der Waals surface area contributed by atoms with E-state index in [0.29, 0.717) is 12.8 Å². The van der Waals surface area contributed by atoms with Crippen molar-refractivity contribution in [3.63, 3.8) is 0 Å². The molecule has 0 saturated heterocycles. The third-order valence-corrected chi connectivity index (χ3v) is 7.40. The highest BCUT2D eigenvalue weighted by atomic mass is 35.5. The smallest absolute Gasteiger partial charge is 0.217 e. The fraction of sp³-hybridized carbons (Fsp3) is 0.750. The molecule has 3 atom stereocenters. The maximum Gasteiger partial charge on any atom is 0.217 e. The molecule has 130 valence electrons. The van der Waals surface area contributed by atoms with Gasteiger partial charge >= 0.3 is 0 Å². The van der Waals surface area contributed by atoms with Gasteiger partial charge in [-0.2, -0.15) is 0 Å². The summed E-state index contributed by atoms with van der Waals surface area (Å²) in [6, 6.07) is 0. The summed E-state index contributed by atoms with van der Waals surface area (Å²) in [5, 5.41) is 0.546. The molecule has 23 heavy (non-hydrogen) atoms. The number of alkyl halides is 2. The minimum Gasteiger partial charge on any atom is -0.366 e. The normalized spacial score (nSPS) is 35.4. The SMILES string of the molecule is COC(C)(C)C#CC[C@@H]1C[C@]2(Cl)C(Cl)=C(Cl)[C@@]1(Cl)C2(OC)OC. The topological polar surface area (TPSA) is 27.7 Å². The molecule has 7 heteroatoms. The summed E-state index contributed by atoms with van der Waals surface area (Å²) in [7, 11) is 4.59. The Morgan fingerprint density at radius 1 is 1.13 bits per heavy atom. The Bertz CT molecular complexity index is 588. The highest BCUT2D eigenvalue weighted by Gasteiger charge is 2.80. The first-order valence-electron chi connectivity index (χ1n) is 7.16. The van der Waals surface area contributed by atoms with Crippen LogP contribution in [0.1, 0.15) is 26.7 Å². The molecule has 0 unspecified atom stereocenters. The van der Waals surface area contributed by atoms with Gasteiger partial charge in [0.25, 0.3) is 0 Å². The second-order valence-corrected chi connectivity index (χ2v) is 8.28. The minimum atomic E-state index is -1.33. The predicted molar refractivity (Wildman–Crippen MR) is 94.2 cm³/mol. The lowest BCUT2D eigenvalue weighted by molar-refractivity contribution is -0.218. The van der Waals surface area contributed by atoms with Gasteiger partial charge in [-0.3, -0.25) is 0 Å². The lowest BCUT2D eigenvalue weighted by Crippen LogP contribution is -2.56. The van der Waals surface area contributed by atoms with Gasteiger partial charge in [0.05, 0.1) is 10.1 Å². The van der Waals surface area contributed by atoms with Crippen LogP contribution in [0.2, 0.25) is 0 Å². The average Bonchev–Trinajstić information content (AvgIpc) is 2.78. The van der Waals surface area contributed by atoms with Gasteiger partial charge in [0.2, 0.25) is 5.79 Å². The Balaban J connectivity index is 2.41. The number of ether oxygens (including phenoxy) is 3. The molecule has 1 saturated carbocycles. The van der Waals surface area contributed by atoms with Crippen molar-refractivity contribution in [3.05, 3.63) is 10.1 Å². The van der Waals surface area contributed by atoms with Crippen molar-refractivity contribution in [1.29, 1.82) is 0 Å². The van der Waals surface area contributed by atoms with Gasteiger partial charge in [-0.1, -0.05) is 35.0 Å². The number of rotatable bonds is 4. The molecule has 3 nitrogen and oxygen atoms in total. The maximum absolute atomic E-state index is 6.90. The van der Waals surface area contributed by atoms with Crippen LogP contribution in [-0.4, -0.2) is 42.5 Å². The van der Waals surface area contributed by atoms with E-state index in [9.17, 15) is 0 Å². The summed E-state index contributed by atoms with van der Waals surface area (Å²) in [5.41, 5.74) is -0.535. The van der Waals surface area contributed by atoms with Crippen molar-refractivity contribution in [2.75, 3.05) is 21.3 Å². The van der Waals surface area contributed by atoms with Crippen LogP contribution in [0.25, 0.3) is 0 Å².